The van der Waals surface area contributed by atoms with E-state index in [1.165, 1.54) is 0 Å². The van der Waals surface area contributed by atoms with Gasteiger partial charge in [0.1, 0.15) is 0 Å². The van der Waals surface area contributed by atoms with Crippen LogP contribution in [0.25, 0.3) is 0 Å². The molecule has 2 N–H and O–H groups in total. The van der Waals surface area contributed by atoms with Crippen molar-refractivity contribution in [3.8, 4) is 0 Å². The van der Waals surface area contributed by atoms with Gasteiger partial charge in [0.25, 0.3) is 0 Å². The first-order valence-corrected chi connectivity index (χ1v) is 3.05. The highest BCUT2D eigenvalue weighted by Gasteiger charge is 2.66. The Morgan fingerprint density at radius 2 is 1.31 bits per heavy atom. The van der Waals surface area contributed by atoms with Gasteiger partial charge in [-0.2, -0.15) is 17.6 Å². The van der Waals surface area contributed by atoms with Crippen LogP contribution in [0.2, 0.25) is 0 Å². The maximum absolute atomic E-state index is 12.2. The topological polar surface area (TPSA) is 26.0 Å². The molecule has 0 radical (unpaired) electrons. The predicted molar refractivity (Wildman–Crippen MR) is 29.8 cm³/mol. The van der Waals surface area contributed by atoms with Crippen molar-refractivity contribution in [3.05, 3.63) is 0 Å². The van der Waals surface area contributed by atoms with Gasteiger partial charge in [-0.25, -0.2) is 13.2 Å². The Bertz CT molecular complexity index is 168. The molecule has 1 atom stereocenters. The second-order valence-electron chi connectivity index (χ2n) is 2.25. The van der Waals surface area contributed by atoms with Crippen molar-refractivity contribution >= 4 is 0 Å². The molecule has 0 amide bonds. The van der Waals surface area contributed by atoms with Gasteiger partial charge in [-0.1, -0.05) is 0 Å². The summed E-state index contributed by atoms with van der Waals surface area (Å²) in [6.07, 6.45) is -8.12. The molecule has 1 unspecified atom stereocenters. The van der Waals surface area contributed by atoms with Crippen molar-refractivity contribution in [2.24, 2.45) is 5.73 Å². The molecule has 0 aliphatic carbocycles. The van der Waals surface area contributed by atoms with Gasteiger partial charge in [0.15, 0.2) is 6.17 Å². The smallest absolute Gasteiger partial charge is 0.328 e. The molecule has 80 valence electrons. The van der Waals surface area contributed by atoms with Gasteiger partial charge in [-0.05, 0) is 0 Å². The lowest BCUT2D eigenvalue weighted by atomic mass is 10.1. The molecule has 1 nitrogen and oxygen atoms in total. The Morgan fingerprint density at radius 1 is 0.923 bits per heavy atom. The number of alkyl halides is 7. The fraction of sp³-hybridized carbons (Fsp3) is 1.00. The molecule has 0 rings (SSSR count). The van der Waals surface area contributed by atoms with Gasteiger partial charge >= 0.3 is 18.3 Å². The first-order valence-electron chi connectivity index (χ1n) is 3.05. The van der Waals surface area contributed by atoms with Crippen molar-refractivity contribution in [2.45, 2.75) is 24.4 Å². The second-order valence-corrected chi connectivity index (χ2v) is 2.25. The zero-order valence-electron chi connectivity index (χ0n) is 6.08. The van der Waals surface area contributed by atoms with E-state index in [9.17, 15) is 30.7 Å². The molecule has 0 aromatic carbocycles. The Balaban J connectivity index is 4.80. The molecule has 0 spiro atoms. The summed E-state index contributed by atoms with van der Waals surface area (Å²) in [7, 11) is 0. The zero-order chi connectivity index (χ0) is 10.9. The fourth-order valence-electron chi connectivity index (χ4n) is 0.502. The molecule has 13 heavy (non-hydrogen) atoms. The van der Waals surface area contributed by atoms with Crippen LogP contribution in [0.1, 0.15) is 0 Å². The maximum atomic E-state index is 12.2. The number of nitrogens with two attached hydrogens (primary N) is 1. The summed E-state index contributed by atoms with van der Waals surface area (Å²) in [5, 5.41) is 0. The number of halogens is 7. The van der Waals surface area contributed by atoms with Crippen LogP contribution in [0, 0.1) is 0 Å². The Morgan fingerprint density at radius 3 is 1.54 bits per heavy atom. The Labute approximate surface area is 68.7 Å². The molecular weight excluding hydrogens is 207 g/mol. The lowest BCUT2D eigenvalue weighted by Gasteiger charge is -2.27. The van der Waals surface area contributed by atoms with E-state index < -0.39 is 31.0 Å². The monoisotopic (exact) mass is 213 g/mol. The highest BCUT2D eigenvalue weighted by molar-refractivity contribution is 4.93. The van der Waals surface area contributed by atoms with Crippen LogP contribution in [0.15, 0.2) is 0 Å². The van der Waals surface area contributed by atoms with E-state index in [-0.39, 0.29) is 0 Å². The van der Waals surface area contributed by atoms with Crippen molar-refractivity contribution in [2.75, 3.05) is 6.54 Å². The minimum absolute atomic E-state index is 1.45. The summed E-state index contributed by atoms with van der Waals surface area (Å²) in [4.78, 5) is 0. The fourth-order valence-corrected chi connectivity index (χ4v) is 0.502. The summed E-state index contributed by atoms with van der Waals surface area (Å²) in [5.41, 5.74) is 4.32. The predicted octanol–water partition coefficient (Wildman–Crippen LogP) is 1.82. The lowest BCUT2D eigenvalue weighted by Crippen LogP contribution is -2.54. The molecule has 0 aromatic heterocycles. The van der Waals surface area contributed by atoms with Gasteiger partial charge in [-0.15, -0.1) is 0 Å². The van der Waals surface area contributed by atoms with Gasteiger partial charge in [0.2, 0.25) is 0 Å². The zero-order valence-corrected chi connectivity index (χ0v) is 6.08. The second kappa shape index (κ2) is 3.69. The van der Waals surface area contributed by atoms with E-state index in [1.807, 2.05) is 0 Å². The highest BCUT2D eigenvalue weighted by atomic mass is 19.3. The van der Waals surface area contributed by atoms with Crippen LogP contribution < -0.4 is 5.73 Å². The molecule has 0 saturated carbocycles. The largest absolute Gasteiger partial charge is 0.372 e. The number of hydrogen-bond acceptors (Lipinski definition) is 1. The van der Waals surface area contributed by atoms with Gasteiger partial charge in [-0.3, -0.25) is 0 Å². The molecular formula is C5H6F7N. The molecule has 0 aliphatic heterocycles. The van der Waals surface area contributed by atoms with E-state index >= 15 is 0 Å². The summed E-state index contributed by atoms with van der Waals surface area (Å²) in [6, 6.07) is 0. The van der Waals surface area contributed by atoms with E-state index in [2.05, 4.69) is 5.73 Å². The normalized spacial score (nSPS) is 16.4. The first kappa shape index (κ1) is 12.5. The summed E-state index contributed by atoms with van der Waals surface area (Å²) < 4.78 is 83.1. The van der Waals surface area contributed by atoms with Crippen LogP contribution in [0.5, 0.6) is 0 Å². The summed E-state index contributed by atoms with van der Waals surface area (Å²) >= 11 is 0. The third-order valence-electron chi connectivity index (χ3n) is 1.32. The summed E-state index contributed by atoms with van der Waals surface area (Å²) in [6.45, 7) is -1.45. The molecule has 0 saturated heterocycles. The highest BCUT2D eigenvalue weighted by Crippen LogP contribution is 2.42. The third-order valence-corrected chi connectivity index (χ3v) is 1.32. The van der Waals surface area contributed by atoms with Crippen LogP contribution in [-0.2, 0) is 0 Å². The minimum Gasteiger partial charge on any atom is -0.328 e. The third kappa shape index (κ3) is 2.04. The molecule has 0 fully saturated rings. The van der Waals surface area contributed by atoms with Crippen LogP contribution in [-0.4, -0.2) is 31.0 Å². The maximum Gasteiger partial charge on any atom is 0.372 e. The van der Waals surface area contributed by atoms with Crippen molar-refractivity contribution < 1.29 is 30.7 Å². The first-order chi connectivity index (χ1) is 5.67. The SMILES string of the molecule is NCC(F)C(F)(F)C(F)(F)C(F)F. The molecule has 0 bridgehead atoms. The van der Waals surface area contributed by atoms with Gasteiger partial charge in [0, 0.05) is 6.54 Å². The average molecular weight is 213 g/mol. The van der Waals surface area contributed by atoms with Crippen molar-refractivity contribution in [3.63, 3.8) is 0 Å². The molecule has 8 heteroatoms. The Kier molecular flexibility index (Phi) is 3.54. The van der Waals surface area contributed by atoms with Gasteiger partial charge in [0.05, 0.1) is 0 Å². The number of rotatable bonds is 4. The molecule has 0 heterocycles. The number of hydrogen-bond donors (Lipinski definition) is 1. The average Bonchev–Trinajstić information content (AvgIpc) is 2.02. The van der Waals surface area contributed by atoms with Crippen molar-refractivity contribution in [1.29, 1.82) is 0 Å². The van der Waals surface area contributed by atoms with Crippen LogP contribution in [0.4, 0.5) is 30.7 Å². The quantitative estimate of drug-likeness (QED) is 0.708. The van der Waals surface area contributed by atoms with Gasteiger partial charge < -0.3 is 5.73 Å². The van der Waals surface area contributed by atoms with E-state index in [0.717, 1.165) is 0 Å². The van der Waals surface area contributed by atoms with E-state index in [1.54, 1.807) is 0 Å². The standard InChI is InChI=1S/C5H6F7N/c6-2(1-13)4(9,10)5(11,12)3(7)8/h2-3H,1,13H2. The molecule has 0 aromatic rings. The molecule has 0 aliphatic rings. The lowest BCUT2D eigenvalue weighted by molar-refractivity contribution is -0.283. The summed E-state index contributed by atoms with van der Waals surface area (Å²) in [5.74, 6) is -11.2. The van der Waals surface area contributed by atoms with Crippen molar-refractivity contribution in [1.82, 2.24) is 0 Å². The van der Waals surface area contributed by atoms with E-state index in [0.29, 0.717) is 0 Å². The Hall–Kier alpha value is -0.530. The van der Waals surface area contributed by atoms with E-state index in [4.69, 9.17) is 0 Å². The van der Waals surface area contributed by atoms with Crippen LogP contribution in [0.3, 0.4) is 0 Å². The minimum atomic E-state index is -5.70. The van der Waals surface area contributed by atoms with Crippen LogP contribution >= 0.6 is 0 Å².